The van der Waals surface area contributed by atoms with Crippen molar-refractivity contribution in [1.82, 2.24) is 20.1 Å². The molecule has 148 valence electrons. The number of hydrogen-bond acceptors (Lipinski definition) is 6. The third kappa shape index (κ3) is 6.04. The predicted octanol–water partition coefficient (Wildman–Crippen LogP) is 2.07. The van der Waals surface area contributed by atoms with Crippen molar-refractivity contribution in [2.45, 2.75) is 56.4 Å². The molecule has 1 N–H and O–H groups in total. The van der Waals surface area contributed by atoms with Gasteiger partial charge in [-0.15, -0.1) is 10.2 Å². The maximum absolute atomic E-state index is 13.1. The number of halogens is 3. The van der Waals surface area contributed by atoms with Crippen LogP contribution in [0.1, 0.15) is 27.7 Å². The van der Waals surface area contributed by atoms with Crippen LogP contribution in [0.25, 0.3) is 0 Å². The van der Waals surface area contributed by atoms with Crippen LogP contribution in [0, 0.1) is 0 Å². The second-order valence-corrected chi connectivity index (χ2v) is 8.39. The molecular formula is C15H24F3N5O2S. The lowest BCUT2D eigenvalue weighted by atomic mass is 10.1. The number of rotatable bonds is 5. The molecule has 1 unspecified atom stereocenters. The molecular weight excluding hydrogens is 371 g/mol. The fraction of sp³-hybridized carbons (Fsp3) is 0.800. The Hall–Kier alpha value is -1.49. The smallest absolute Gasteiger partial charge is 0.378 e. The van der Waals surface area contributed by atoms with E-state index < -0.39 is 23.5 Å². The van der Waals surface area contributed by atoms with Crippen molar-refractivity contribution >= 4 is 23.6 Å². The minimum atomic E-state index is -4.42. The van der Waals surface area contributed by atoms with Crippen molar-refractivity contribution in [2.24, 2.45) is 0 Å². The Labute approximate surface area is 154 Å². The van der Waals surface area contributed by atoms with Crippen LogP contribution < -0.4 is 10.2 Å². The van der Waals surface area contributed by atoms with Crippen molar-refractivity contribution < 1.29 is 22.7 Å². The summed E-state index contributed by atoms with van der Waals surface area (Å²) in [4.78, 5) is 13.9. The summed E-state index contributed by atoms with van der Waals surface area (Å²) in [7, 11) is 0. The highest BCUT2D eigenvalue weighted by atomic mass is 32.2. The number of alkyl halides is 3. The standard InChI is InChI=1S/C15H24F3N5O2S/c1-10(11(24)19-14(2,3)4)26-13-21-20-12(22-5-7-25-8-6-22)23(13)9-15(16,17)18/h10H,5-9H2,1-4H3,(H,19,24). The zero-order chi connectivity index (χ0) is 19.5. The monoisotopic (exact) mass is 395 g/mol. The van der Waals surface area contributed by atoms with E-state index in [4.69, 9.17) is 4.74 Å². The second kappa shape index (κ2) is 8.03. The van der Waals surface area contributed by atoms with Gasteiger partial charge in [0.15, 0.2) is 5.16 Å². The molecule has 1 aliphatic heterocycles. The Bertz CT molecular complexity index is 624. The zero-order valence-corrected chi connectivity index (χ0v) is 16.1. The summed E-state index contributed by atoms with van der Waals surface area (Å²) in [5.74, 6) is -0.117. The van der Waals surface area contributed by atoms with Gasteiger partial charge in [-0.3, -0.25) is 9.36 Å². The second-order valence-electron chi connectivity index (χ2n) is 7.08. The molecule has 1 aromatic heterocycles. The largest absolute Gasteiger partial charge is 0.406 e. The molecule has 7 nitrogen and oxygen atoms in total. The highest BCUT2D eigenvalue weighted by molar-refractivity contribution is 8.00. The number of nitrogens with one attached hydrogen (secondary N) is 1. The SMILES string of the molecule is CC(Sc1nnc(N2CCOCC2)n1CC(F)(F)F)C(=O)NC(C)(C)C. The summed E-state index contributed by atoms with van der Waals surface area (Å²) in [6, 6.07) is 0. The van der Waals surface area contributed by atoms with Gasteiger partial charge in [0.1, 0.15) is 6.54 Å². The Morgan fingerprint density at radius 1 is 1.27 bits per heavy atom. The predicted molar refractivity (Wildman–Crippen MR) is 92.3 cm³/mol. The van der Waals surface area contributed by atoms with E-state index in [1.54, 1.807) is 11.8 Å². The van der Waals surface area contributed by atoms with Gasteiger partial charge in [-0.25, -0.2) is 0 Å². The van der Waals surface area contributed by atoms with Crippen molar-refractivity contribution in [1.29, 1.82) is 0 Å². The summed E-state index contributed by atoms with van der Waals surface area (Å²) in [5.41, 5.74) is -0.426. The van der Waals surface area contributed by atoms with Crippen LogP contribution in [-0.4, -0.2) is 63.9 Å². The van der Waals surface area contributed by atoms with Gasteiger partial charge in [-0.1, -0.05) is 11.8 Å². The van der Waals surface area contributed by atoms with Gasteiger partial charge in [-0.2, -0.15) is 13.2 Å². The fourth-order valence-corrected chi connectivity index (χ4v) is 3.21. The fourth-order valence-electron chi connectivity index (χ4n) is 2.37. The van der Waals surface area contributed by atoms with E-state index in [9.17, 15) is 18.0 Å². The van der Waals surface area contributed by atoms with E-state index in [2.05, 4.69) is 15.5 Å². The van der Waals surface area contributed by atoms with Gasteiger partial charge in [0.25, 0.3) is 0 Å². The van der Waals surface area contributed by atoms with Gasteiger partial charge in [-0.05, 0) is 27.7 Å². The molecule has 26 heavy (non-hydrogen) atoms. The Balaban J connectivity index is 2.21. The van der Waals surface area contributed by atoms with Gasteiger partial charge in [0.05, 0.1) is 18.5 Å². The molecule has 0 saturated carbocycles. The average molecular weight is 395 g/mol. The number of aromatic nitrogens is 3. The minimum absolute atomic E-state index is 0.0698. The summed E-state index contributed by atoms with van der Waals surface area (Å²) in [5, 5.41) is 10.1. The number of anilines is 1. The van der Waals surface area contributed by atoms with Gasteiger partial charge in [0, 0.05) is 18.6 Å². The topological polar surface area (TPSA) is 72.3 Å². The Kier molecular flexibility index (Phi) is 6.43. The van der Waals surface area contributed by atoms with Crippen LogP contribution in [0.2, 0.25) is 0 Å². The third-order valence-electron chi connectivity index (χ3n) is 3.48. The molecule has 0 radical (unpaired) electrons. The van der Waals surface area contributed by atoms with Gasteiger partial charge >= 0.3 is 6.18 Å². The van der Waals surface area contributed by atoms with E-state index in [-0.39, 0.29) is 17.0 Å². The van der Waals surface area contributed by atoms with Crippen LogP contribution in [0.3, 0.4) is 0 Å². The quantitative estimate of drug-likeness (QED) is 0.770. The number of ether oxygens (including phenoxy) is 1. The molecule has 0 bridgehead atoms. The number of nitrogens with zero attached hydrogens (tertiary/aromatic N) is 4. The number of amides is 1. The van der Waals surface area contributed by atoms with Crippen LogP contribution in [0.4, 0.5) is 19.1 Å². The molecule has 0 spiro atoms. The van der Waals surface area contributed by atoms with Crippen molar-refractivity contribution in [3.63, 3.8) is 0 Å². The molecule has 1 amide bonds. The van der Waals surface area contributed by atoms with Crippen LogP contribution >= 0.6 is 11.8 Å². The molecule has 0 aromatic carbocycles. The minimum Gasteiger partial charge on any atom is -0.378 e. The van der Waals surface area contributed by atoms with Crippen molar-refractivity contribution in [3.8, 4) is 0 Å². The molecule has 1 atom stereocenters. The number of thioether (sulfide) groups is 1. The molecule has 0 aliphatic carbocycles. The first-order valence-electron chi connectivity index (χ1n) is 8.27. The first-order valence-corrected chi connectivity index (χ1v) is 9.15. The number of carbonyl (C=O) groups excluding carboxylic acids is 1. The molecule has 11 heteroatoms. The van der Waals surface area contributed by atoms with Crippen LogP contribution in [0.5, 0.6) is 0 Å². The van der Waals surface area contributed by atoms with Crippen LogP contribution in [0.15, 0.2) is 5.16 Å². The van der Waals surface area contributed by atoms with E-state index in [0.717, 1.165) is 16.3 Å². The number of morpholine rings is 1. The average Bonchev–Trinajstić information content (AvgIpc) is 2.87. The zero-order valence-electron chi connectivity index (χ0n) is 15.3. The third-order valence-corrected chi connectivity index (χ3v) is 4.56. The summed E-state index contributed by atoms with van der Waals surface area (Å²) < 4.78 is 45.4. The number of hydrogen-bond donors (Lipinski definition) is 1. The summed E-state index contributed by atoms with van der Waals surface area (Å²) in [6.07, 6.45) is -4.42. The molecule has 1 aliphatic rings. The van der Waals surface area contributed by atoms with E-state index in [0.29, 0.717) is 26.3 Å². The lowest BCUT2D eigenvalue weighted by Crippen LogP contribution is -2.44. The van der Waals surface area contributed by atoms with E-state index in [1.165, 1.54) is 0 Å². The first kappa shape index (κ1) is 20.8. The van der Waals surface area contributed by atoms with E-state index >= 15 is 0 Å². The summed E-state index contributed by atoms with van der Waals surface area (Å²) in [6.45, 7) is 7.68. The molecule has 1 saturated heterocycles. The highest BCUT2D eigenvalue weighted by Crippen LogP contribution is 2.30. The highest BCUT2D eigenvalue weighted by Gasteiger charge is 2.33. The first-order chi connectivity index (χ1) is 12.0. The Morgan fingerprint density at radius 2 is 1.88 bits per heavy atom. The van der Waals surface area contributed by atoms with Crippen molar-refractivity contribution in [2.75, 3.05) is 31.2 Å². The molecule has 1 fully saturated rings. The molecule has 2 rings (SSSR count). The van der Waals surface area contributed by atoms with E-state index in [1.807, 2.05) is 20.8 Å². The van der Waals surface area contributed by atoms with Gasteiger partial charge < -0.3 is 15.0 Å². The Morgan fingerprint density at radius 3 is 2.42 bits per heavy atom. The summed E-state index contributed by atoms with van der Waals surface area (Å²) >= 11 is 0.964. The van der Waals surface area contributed by atoms with Crippen molar-refractivity contribution in [3.05, 3.63) is 0 Å². The van der Waals surface area contributed by atoms with Crippen LogP contribution in [-0.2, 0) is 16.1 Å². The lowest BCUT2D eigenvalue weighted by Gasteiger charge is -2.28. The molecule has 2 heterocycles. The van der Waals surface area contributed by atoms with Gasteiger partial charge in [0.2, 0.25) is 11.9 Å². The lowest BCUT2D eigenvalue weighted by molar-refractivity contribution is -0.141. The maximum Gasteiger partial charge on any atom is 0.406 e. The number of carbonyl (C=O) groups is 1. The molecule has 1 aromatic rings. The normalized spacial score (nSPS) is 17.3. The maximum atomic E-state index is 13.1.